The third-order valence-corrected chi connectivity index (χ3v) is 3.84. The molecule has 0 aliphatic heterocycles. The first-order chi connectivity index (χ1) is 10.9. The molecule has 1 aromatic rings. The van der Waals surface area contributed by atoms with E-state index >= 15 is 0 Å². The predicted octanol–water partition coefficient (Wildman–Crippen LogP) is 4.10. The summed E-state index contributed by atoms with van der Waals surface area (Å²) >= 11 is 0. The Morgan fingerprint density at radius 2 is 1.74 bits per heavy atom. The number of carbonyl (C=O) groups is 2. The Hall–Kier alpha value is -1.84. The van der Waals surface area contributed by atoms with E-state index < -0.39 is 0 Å². The van der Waals surface area contributed by atoms with Crippen LogP contribution in [-0.4, -0.2) is 29.8 Å². The van der Waals surface area contributed by atoms with Crippen LogP contribution in [-0.2, 0) is 9.59 Å². The van der Waals surface area contributed by atoms with E-state index in [0.717, 1.165) is 29.7 Å². The SMILES string of the molecule is CCCN(CCC)C(=O)CC(=O)Nc1c(C)cccc1C(C)C. The number of benzene rings is 1. The molecule has 0 saturated carbocycles. The maximum absolute atomic E-state index is 12.3. The van der Waals surface area contributed by atoms with Gasteiger partial charge in [-0.3, -0.25) is 9.59 Å². The number of nitrogens with zero attached hydrogens (tertiary/aromatic N) is 1. The lowest BCUT2D eigenvalue weighted by atomic mass is 9.98. The number of aryl methyl sites for hydroxylation is 1. The minimum atomic E-state index is -0.233. The van der Waals surface area contributed by atoms with Crippen molar-refractivity contribution < 1.29 is 9.59 Å². The lowest BCUT2D eigenvalue weighted by Gasteiger charge is -2.22. The zero-order valence-electron chi connectivity index (χ0n) is 15.1. The molecule has 2 amide bonds. The molecule has 4 nitrogen and oxygen atoms in total. The van der Waals surface area contributed by atoms with Gasteiger partial charge in [0.15, 0.2) is 0 Å². The molecule has 1 rings (SSSR count). The van der Waals surface area contributed by atoms with E-state index in [9.17, 15) is 9.59 Å². The van der Waals surface area contributed by atoms with Crippen LogP contribution in [0.5, 0.6) is 0 Å². The molecule has 0 radical (unpaired) electrons. The number of para-hydroxylation sites is 1. The molecule has 1 aromatic carbocycles. The predicted molar refractivity (Wildman–Crippen MR) is 95.7 cm³/mol. The Balaban J connectivity index is 2.79. The fraction of sp³-hybridized carbons (Fsp3) is 0.579. The van der Waals surface area contributed by atoms with Crippen molar-refractivity contribution in [3.63, 3.8) is 0 Å². The van der Waals surface area contributed by atoms with Crippen molar-refractivity contribution in [3.05, 3.63) is 29.3 Å². The van der Waals surface area contributed by atoms with Crippen LogP contribution < -0.4 is 5.32 Å². The van der Waals surface area contributed by atoms with E-state index in [2.05, 4.69) is 19.2 Å². The minimum Gasteiger partial charge on any atom is -0.342 e. The van der Waals surface area contributed by atoms with E-state index in [-0.39, 0.29) is 18.2 Å². The summed E-state index contributed by atoms with van der Waals surface area (Å²) in [6.07, 6.45) is 1.72. The molecule has 0 heterocycles. The summed E-state index contributed by atoms with van der Waals surface area (Å²) in [5.41, 5.74) is 2.97. The first kappa shape index (κ1) is 19.2. The number of hydrogen-bond acceptors (Lipinski definition) is 2. The van der Waals surface area contributed by atoms with Gasteiger partial charge in [0.2, 0.25) is 11.8 Å². The molecule has 0 fully saturated rings. The van der Waals surface area contributed by atoms with Crippen molar-refractivity contribution >= 4 is 17.5 Å². The summed E-state index contributed by atoms with van der Waals surface area (Å²) in [5, 5.41) is 2.94. The molecule has 0 aromatic heterocycles. The van der Waals surface area contributed by atoms with Crippen LogP contribution in [0, 0.1) is 6.92 Å². The summed E-state index contributed by atoms with van der Waals surface area (Å²) in [5.74, 6) is -0.00753. The van der Waals surface area contributed by atoms with Gasteiger partial charge < -0.3 is 10.2 Å². The number of carbonyl (C=O) groups excluding carboxylic acids is 2. The summed E-state index contributed by atoms with van der Waals surface area (Å²) in [4.78, 5) is 26.4. The zero-order chi connectivity index (χ0) is 17.4. The average Bonchev–Trinajstić information content (AvgIpc) is 2.48. The van der Waals surface area contributed by atoms with Gasteiger partial charge in [-0.05, 0) is 36.8 Å². The average molecular weight is 318 g/mol. The highest BCUT2D eigenvalue weighted by Gasteiger charge is 2.18. The van der Waals surface area contributed by atoms with Gasteiger partial charge in [-0.25, -0.2) is 0 Å². The maximum Gasteiger partial charge on any atom is 0.233 e. The highest BCUT2D eigenvalue weighted by Crippen LogP contribution is 2.27. The van der Waals surface area contributed by atoms with Gasteiger partial charge in [-0.1, -0.05) is 45.9 Å². The third-order valence-electron chi connectivity index (χ3n) is 3.84. The number of hydrogen-bond donors (Lipinski definition) is 1. The van der Waals surface area contributed by atoms with Crippen molar-refractivity contribution in [2.45, 2.75) is 59.8 Å². The number of rotatable bonds is 8. The number of anilines is 1. The standard InChI is InChI=1S/C19H30N2O2/c1-6-11-21(12-7-2)18(23)13-17(22)20-19-15(5)9-8-10-16(19)14(3)4/h8-10,14H,6-7,11-13H2,1-5H3,(H,20,22). The first-order valence-corrected chi connectivity index (χ1v) is 8.57. The highest BCUT2D eigenvalue weighted by atomic mass is 16.2. The monoisotopic (exact) mass is 318 g/mol. The maximum atomic E-state index is 12.3. The lowest BCUT2D eigenvalue weighted by Crippen LogP contribution is -2.35. The topological polar surface area (TPSA) is 49.4 Å². The second-order valence-corrected chi connectivity index (χ2v) is 6.30. The van der Waals surface area contributed by atoms with Crippen molar-refractivity contribution in [2.75, 3.05) is 18.4 Å². The fourth-order valence-corrected chi connectivity index (χ4v) is 2.68. The van der Waals surface area contributed by atoms with Crippen molar-refractivity contribution in [3.8, 4) is 0 Å². The first-order valence-electron chi connectivity index (χ1n) is 8.57. The molecule has 0 aliphatic carbocycles. The molecule has 0 bridgehead atoms. The summed E-state index contributed by atoms with van der Waals surface area (Å²) < 4.78 is 0. The van der Waals surface area contributed by atoms with Crippen LogP contribution in [0.4, 0.5) is 5.69 Å². The molecule has 1 N–H and O–H groups in total. The molecular formula is C19H30N2O2. The molecule has 0 unspecified atom stereocenters. The van der Waals surface area contributed by atoms with Gasteiger partial charge >= 0.3 is 0 Å². The van der Waals surface area contributed by atoms with E-state index in [4.69, 9.17) is 0 Å². The Morgan fingerprint density at radius 3 is 2.26 bits per heavy atom. The second-order valence-electron chi connectivity index (χ2n) is 6.30. The van der Waals surface area contributed by atoms with Gasteiger partial charge in [-0.2, -0.15) is 0 Å². The van der Waals surface area contributed by atoms with Crippen molar-refractivity contribution in [1.29, 1.82) is 0 Å². The molecule has 0 saturated heterocycles. The fourth-order valence-electron chi connectivity index (χ4n) is 2.68. The third kappa shape index (κ3) is 5.70. The van der Waals surface area contributed by atoms with E-state index in [1.807, 2.05) is 39.0 Å². The Bertz CT molecular complexity index is 532. The molecular weight excluding hydrogens is 288 g/mol. The van der Waals surface area contributed by atoms with Crippen LogP contribution in [0.25, 0.3) is 0 Å². The summed E-state index contributed by atoms with van der Waals surface area (Å²) in [6, 6.07) is 6.00. The number of amides is 2. The molecule has 0 atom stereocenters. The van der Waals surface area contributed by atoms with Gasteiger partial charge in [0.05, 0.1) is 0 Å². The molecule has 0 aliphatic rings. The smallest absolute Gasteiger partial charge is 0.233 e. The van der Waals surface area contributed by atoms with Crippen LogP contribution in [0.3, 0.4) is 0 Å². The Morgan fingerprint density at radius 1 is 1.13 bits per heavy atom. The molecule has 128 valence electrons. The van der Waals surface area contributed by atoms with E-state index in [1.54, 1.807) is 4.90 Å². The largest absolute Gasteiger partial charge is 0.342 e. The highest BCUT2D eigenvalue weighted by molar-refractivity contribution is 6.04. The van der Waals surface area contributed by atoms with Gasteiger partial charge in [0.25, 0.3) is 0 Å². The minimum absolute atomic E-state index is 0.0914. The normalized spacial score (nSPS) is 10.7. The summed E-state index contributed by atoms with van der Waals surface area (Å²) in [7, 11) is 0. The van der Waals surface area contributed by atoms with Gasteiger partial charge in [-0.15, -0.1) is 0 Å². The second kappa shape index (κ2) is 9.33. The summed E-state index contributed by atoms with van der Waals surface area (Å²) in [6.45, 7) is 11.7. The van der Waals surface area contributed by atoms with Crippen molar-refractivity contribution in [2.24, 2.45) is 0 Å². The lowest BCUT2D eigenvalue weighted by molar-refractivity contribution is -0.134. The van der Waals surface area contributed by atoms with Gasteiger partial charge in [0, 0.05) is 18.8 Å². The van der Waals surface area contributed by atoms with Crippen LogP contribution in [0.2, 0.25) is 0 Å². The van der Waals surface area contributed by atoms with E-state index in [0.29, 0.717) is 19.0 Å². The number of nitrogens with one attached hydrogen (secondary N) is 1. The molecule has 4 heteroatoms. The van der Waals surface area contributed by atoms with Crippen LogP contribution in [0.1, 0.15) is 64.0 Å². The van der Waals surface area contributed by atoms with Gasteiger partial charge in [0.1, 0.15) is 6.42 Å². The molecule has 23 heavy (non-hydrogen) atoms. The molecule has 0 spiro atoms. The van der Waals surface area contributed by atoms with Crippen LogP contribution in [0.15, 0.2) is 18.2 Å². The zero-order valence-corrected chi connectivity index (χ0v) is 15.1. The quantitative estimate of drug-likeness (QED) is 0.734. The Labute approximate surface area is 140 Å². The van der Waals surface area contributed by atoms with Crippen LogP contribution >= 0.6 is 0 Å². The Kier molecular flexibility index (Phi) is 7.79. The van der Waals surface area contributed by atoms with E-state index in [1.165, 1.54) is 0 Å². The van der Waals surface area contributed by atoms with Crippen molar-refractivity contribution in [1.82, 2.24) is 4.90 Å².